The number of piperidine rings is 1. The molecule has 23 heavy (non-hydrogen) atoms. The number of carbonyl (C=O) groups is 1. The number of nitro groups is 1. The van der Waals surface area contributed by atoms with Crippen molar-refractivity contribution in [3.63, 3.8) is 0 Å². The fourth-order valence-electron chi connectivity index (χ4n) is 3.10. The smallest absolute Gasteiger partial charge is 0.312 e. The molecule has 1 aromatic carbocycles. The molecule has 0 saturated carbocycles. The van der Waals surface area contributed by atoms with Crippen LogP contribution in [-0.2, 0) is 16.1 Å². The molecule has 1 aromatic rings. The highest BCUT2D eigenvalue weighted by molar-refractivity contribution is 5.74. The Labute approximate surface area is 135 Å². The van der Waals surface area contributed by atoms with Crippen molar-refractivity contribution in [1.29, 1.82) is 0 Å². The van der Waals surface area contributed by atoms with Gasteiger partial charge in [0.2, 0.25) is 6.54 Å². The standard InChI is InChI=1S/C16H22N2O5/c1-2-23-15(19)14-8-9-17(10-13-6-4-3-5-7-13)11-16(14,20)12-18(21)22/h3-7,14,20H,2,8-12H2,1H3. The quantitative estimate of drug-likeness (QED) is 0.478. The van der Waals surface area contributed by atoms with Gasteiger partial charge in [-0.25, -0.2) is 0 Å². The predicted molar refractivity (Wildman–Crippen MR) is 83.3 cm³/mol. The average Bonchev–Trinajstić information content (AvgIpc) is 2.47. The Kier molecular flexibility index (Phi) is 5.68. The number of β-amino-alcohol motifs (C(OH)–C–C–N with tert-alkyl or cyclic N) is 1. The van der Waals surface area contributed by atoms with Gasteiger partial charge < -0.3 is 9.84 Å². The molecule has 2 unspecified atom stereocenters. The maximum absolute atomic E-state index is 12.0. The molecule has 126 valence electrons. The molecule has 2 rings (SSSR count). The van der Waals surface area contributed by atoms with Crippen molar-refractivity contribution in [2.75, 3.05) is 26.2 Å². The molecule has 0 aromatic heterocycles. The number of esters is 1. The summed E-state index contributed by atoms with van der Waals surface area (Å²) in [7, 11) is 0. The summed E-state index contributed by atoms with van der Waals surface area (Å²) in [4.78, 5) is 24.3. The highest BCUT2D eigenvalue weighted by Crippen LogP contribution is 2.30. The molecule has 1 fully saturated rings. The van der Waals surface area contributed by atoms with Crippen LogP contribution in [0.4, 0.5) is 0 Å². The van der Waals surface area contributed by atoms with Crippen molar-refractivity contribution in [2.45, 2.75) is 25.5 Å². The van der Waals surface area contributed by atoms with Gasteiger partial charge in [-0.05, 0) is 25.5 Å². The Morgan fingerprint density at radius 3 is 2.78 bits per heavy atom. The van der Waals surface area contributed by atoms with E-state index in [2.05, 4.69) is 0 Å². The number of hydrogen-bond acceptors (Lipinski definition) is 6. The second kappa shape index (κ2) is 7.52. The van der Waals surface area contributed by atoms with E-state index in [4.69, 9.17) is 4.74 Å². The zero-order valence-electron chi connectivity index (χ0n) is 13.2. The summed E-state index contributed by atoms with van der Waals surface area (Å²) in [5.74, 6) is -1.42. The maximum atomic E-state index is 12.0. The van der Waals surface area contributed by atoms with Crippen LogP contribution in [0.3, 0.4) is 0 Å². The number of hydrogen-bond donors (Lipinski definition) is 1. The van der Waals surface area contributed by atoms with Crippen LogP contribution in [-0.4, -0.2) is 52.7 Å². The summed E-state index contributed by atoms with van der Waals surface area (Å²) in [5, 5.41) is 21.7. The van der Waals surface area contributed by atoms with E-state index in [-0.39, 0.29) is 13.2 Å². The van der Waals surface area contributed by atoms with Gasteiger partial charge in [0.1, 0.15) is 0 Å². The van der Waals surface area contributed by atoms with Gasteiger partial charge in [0.05, 0.1) is 12.5 Å². The van der Waals surface area contributed by atoms with Gasteiger partial charge >= 0.3 is 5.97 Å². The van der Waals surface area contributed by atoms with Gasteiger partial charge in [-0.15, -0.1) is 0 Å². The van der Waals surface area contributed by atoms with Crippen molar-refractivity contribution in [3.05, 3.63) is 46.0 Å². The van der Waals surface area contributed by atoms with E-state index in [1.807, 2.05) is 35.2 Å². The molecule has 7 heteroatoms. The van der Waals surface area contributed by atoms with E-state index in [0.29, 0.717) is 19.5 Å². The number of benzene rings is 1. The first-order valence-electron chi connectivity index (χ1n) is 7.71. The van der Waals surface area contributed by atoms with Gasteiger partial charge in [-0.1, -0.05) is 30.3 Å². The number of carbonyl (C=O) groups excluding carboxylic acids is 1. The molecule has 1 heterocycles. The first-order valence-corrected chi connectivity index (χ1v) is 7.71. The molecular formula is C16H22N2O5. The maximum Gasteiger partial charge on any atom is 0.312 e. The Balaban J connectivity index is 2.12. The minimum Gasteiger partial charge on any atom is -0.466 e. The molecule has 0 spiro atoms. The van der Waals surface area contributed by atoms with Crippen LogP contribution in [0, 0.1) is 16.0 Å². The molecular weight excluding hydrogens is 300 g/mol. The van der Waals surface area contributed by atoms with Crippen molar-refractivity contribution in [3.8, 4) is 0 Å². The highest BCUT2D eigenvalue weighted by Gasteiger charge is 2.50. The third kappa shape index (κ3) is 4.49. The molecule has 1 aliphatic rings. The fraction of sp³-hybridized carbons (Fsp3) is 0.562. The third-order valence-corrected chi connectivity index (χ3v) is 4.10. The van der Waals surface area contributed by atoms with E-state index in [9.17, 15) is 20.0 Å². The molecule has 0 bridgehead atoms. The number of likely N-dealkylation sites (tertiary alicyclic amines) is 1. The van der Waals surface area contributed by atoms with E-state index >= 15 is 0 Å². The summed E-state index contributed by atoms with van der Waals surface area (Å²) in [6.45, 7) is 2.44. The number of ether oxygens (including phenoxy) is 1. The van der Waals surface area contributed by atoms with Crippen LogP contribution in [0.25, 0.3) is 0 Å². The lowest BCUT2D eigenvalue weighted by Crippen LogP contribution is -2.59. The summed E-state index contributed by atoms with van der Waals surface area (Å²) < 4.78 is 4.97. The van der Waals surface area contributed by atoms with Gasteiger partial charge in [-0.3, -0.25) is 19.8 Å². The van der Waals surface area contributed by atoms with Crippen molar-refractivity contribution in [1.82, 2.24) is 4.90 Å². The lowest BCUT2D eigenvalue weighted by molar-refractivity contribution is -0.504. The molecule has 2 atom stereocenters. The normalized spacial score (nSPS) is 25.0. The summed E-state index contributed by atoms with van der Waals surface area (Å²) >= 11 is 0. The van der Waals surface area contributed by atoms with Crippen LogP contribution < -0.4 is 0 Å². The van der Waals surface area contributed by atoms with Crippen molar-refractivity contribution >= 4 is 5.97 Å². The lowest BCUT2D eigenvalue weighted by Gasteiger charge is -2.41. The van der Waals surface area contributed by atoms with Crippen LogP contribution in [0.2, 0.25) is 0 Å². The molecule has 0 radical (unpaired) electrons. The third-order valence-electron chi connectivity index (χ3n) is 4.10. The van der Waals surface area contributed by atoms with Crippen molar-refractivity contribution in [2.24, 2.45) is 5.92 Å². The fourth-order valence-corrected chi connectivity index (χ4v) is 3.10. The van der Waals surface area contributed by atoms with Crippen LogP contribution in [0.1, 0.15) is 18.9 Å². The highest BCUT2D eigenvalue weighted by atomic mass is 16.6. The Morgan fingerprint density at radius 1 is 1.48 bits per heavy atom. The van der Waals surface area contributed by atoms with E-state index in [0.717, 1.165) is 5.56 Å². The Morgan fingerprint density at radius 2 is 2.17 bits per heavy atom. The lowest BCUT2D eigenvalue weighted by atomic mass is 9.81. The largest absolute Gasteiger partial charge is 0.466 e. The van der Waals surface area contributed by atoms with E-state index in [1.54, 1.807) is 6.92 Å². The number of nitrogens with zero attached hydrogens (tertiary/aromatic N) is 2. The number of rotatable bonds is 6. The van der Waals surface area contributed by atoms with Crippen LogP contribution in [0.15, 0.2) is 30.3 Å². The molecule has 1 aliphatic heterocycles. The topological polar surface area (TPSA) is 92.9 Å². The predicted octanol–water partition coefficient (Wildman–Crippen LogP) is 1.08. The zero-order chi connectivity index (χ0) is 16.9. The van der Waals surface area contributed by atoms with E-state index in [1.165, 1.54) is 0 Å². The van der Waals surface area contributed by atoms with Crippen LogP contribution in [0.5, 0.6) is 0 Å². The molecule has 1 N–H and O–H groups in total. The molecule has 0 amide bonds. The van der Waals surface area contributed by atoms with Gasteiger partial charge in [0.25, 0.3) is 0 Å². The molecule has 7 nitrogen and oxygen atoms in total. The van der Waals surface area contributed by atoms with Crippen LogP contribution >= 0.6 is 0 Å². The Bertz CT molecular complexity index is 551. The second-order valence-corrected chi connectivity index (χ2v) is 5.88. The van der Waals surface area contributed by atoms with Gasteiger partial charge in [-0.2, -0.15) is 0 Å². The second-order valence-electron chi connectivity index (χ2n) is 5.88. The molecule has 0 aliphatic carbocycles. The van der Waals surface area contributed by atoms with Crippen molar-refractivity contribution < 1.29 is 19.6 Å². The Hall–Kier alpha value is -1.99. The monoisotopic (exact) mass is 322 g/mol. The summed E-state index contributed by atoms with van der Waals surface area (Å²) in [6.07, 6.45) is 0.343. The first kappa shape index (κ1) is 17.4. The van der Waals surface area contributed by atoms with E-state index < -0.39 is 29.0 Å². The minimum atomic E-state index is -1.71. The summed E-state index contributed by atoms with van der Waals surface area (Å²) in [5.41, 5.74) is -0.645. The summed E-state index contributed by atoms with van der Waals surface area (Å²) in [6, 6.07) is 9.68. The van der Waals surface area contributed by atoms with Gasteiger partial charge in [0.15, 0.2) is 5.60 Å². The SMILES string of the molecule is CCOC(=O)C1CCN(Cc2ccccc2)CC1(O)C[N+](=O)[O-]. The average molecular weight is 322 g/mol. The first-order chi connectivity index (χ1) is 10.9. The molecule has 1 saturated heterocycles. The number of aliphatic hydroxyl groups is 1. The zero-order valence-corrected chi connectivity index (χ0v) is 13.2. The minimum absolute atomic E-state index is 0.0757. The van der Waals surface area contributed by atoms with Gasteiger partial charge in [0, 0.05) is 18.0 Å².